The Morgan fingerprint density at radius 3 is 2.35 bits per heavy atom. The lowest BCUT2D eigenvalue weighted by molar-refractivity contribution is -0.137. The van der Waals surface area contributed by atoms with Gasteiger partial charge >= 0.3 is 6.18 Å². The van der Waals surface area contributed by atoms with E-state index >= 15 is 0 Å². The Hall–Kier alpha value is -1.32. The standard InChI is InChI=1S/C16H21F3N2O3S.ClH/c1-11(12-4-3-5-13(10-12)16(17,18)19)21-14(22)15(25(2,23)24)6-8-20-9-7-15;/h3-5,10-11,20H,6-9H2,1-2H3,(H,21,22);1H. The lowest BCUT2D eigenvalue weighted by atomic mass is 9.95. The summed E-state index contributed by atoms with van der Waals surface area (Å²) in [5, 5.41) is 5.58. The van der Waals surface area contributed by atoms with Crippen LogP contribution in [0.15, 0.2) is 24.3 Å². The Balaban J connectivity index is 0.00000338. The maximum atomic E-state index is 12.8. The molecule has 1 amide bonds. The summed E-state index contributed by atoms with van der Waals surface area (Å²) in [4.78, 5) is 12.7. The predicted octanol–water partition coefficient (Wildman–Crippen LogP) is 2.47. The molecule has 1 aliphatic rings. The van der Waals surface area contributed by atoms with E-state index < -0.39 is 38.3 Å². The van der Waals surface area contributed by atoms with Crippen molar-refractivity contribution in [1.82, 2.24) is 10.6 Å². The minimum atomic E-state index is -4.48. The van der Waals surface area contributed by atoms with Gasteiger partial charge in [0.05, 0.1) is 11.6 Å². The van der Waals surface area contributed by atoms with Crippen LogP contribution in [0.25, 0.3) is 0 Å². The van der Waals surface area contributed by atoms with Gasteiger partial charge in [-0.05, 0) is 50.6 Å². The average Bonchev–Trinajstić information content (AvgIpc) is 2.53. The number of alkyl halides is 3. The van der Waals surface area contributed by atoms with Crippen molar-refractivity contribution in [2.45, 2.75) is 36.7 Å². The number of hydrogen-bond acceptors (Lipinski definition) is 4. The number of benzene rings is 1. The number of rotatable bonds is 4. The fraction of sp³-hybridized carbons (Fsp3) is 0.562. The Morgan fingerprint density at radius 1 is 1.27 bits per heavy atom. The van der Waals surface area contributed by atoms with Crippen molar-refractivity contribution in [1.29, 1.82) is 0 Å². The third-order valence-electron chi connectivity index (χ3n) is 4.60. The summed E-state index contributed by atoms with van der Waals surface area (Å²) in [6.07, 6.45) is -3.20. The number of piperidine rings is 1. The van der Waals surface area contributed by atoms with Crippen molar-refractivity contribution in [3.8, 4) is 0 Å². The molecule has 0 aliphatic carbocycles. The SMILES string of the molecule is CC(NC(=O)C1(S(C)(=O)=O)CCNCC1)c1cccc(C(F)(F)F)c1.Cl. The zero-order valence-corrected chi connectivity index (χ0v) is 16.0. The van der Waals surface area contributed by atoms with Crippen LogP contribution < -0.4 is 10.6 Å². The summed E-state index contributed by atoms with van der Waals surface area (Å²) in [6, 6.07) is 3.89. The lowest BCUT2D eigenvalue weighted by Gasteiger charge is -2.35. The maximum absolute atomic E-state index is 12.8. The van der Waals surface area contributed by atoms with Gasteiger partial charge in [0.2, 0.25) is 5.91 Å². The number of halogens is 4. The van der Waals surface area contributed by atoms with Crippen LogP contribution in [0.4, 0.5) is 13.2 Å². The number of hydrogen-bond donors (Lipinski definition) is 2. The summed E-state index contributed by atoms with van der Waals surface area (Å²) in [7, 11) is -3.68. The first-order chi connectivity index (χ1) is 11.5. The highest BCUT2D eigenvalue weighted by Gasteiger charge is 2.48. The lowest BCUT2D eigenvalue weighted by Crippen LogP contribution is -2.57. The molecule has 1 fully saturated rings. The molecule has 0 aromatic heterocycles. The van der Waals surface area contributed by atoms with Gasteiger partial charge in [0.15, 0.2) is 14.6 Å². The molecule has 1 aliphatic heterocycles. The van der Waals surface area contributed by atoms with Crippen molar-refractivity contribution in [3.63, 3.8) is 0 Å². The van der Waals surface area contributed by atoms with E-state index in [-0.39, 0.29) is 30.8 Å². The van der Waals surface area contributed by atoms with Crippen LogP contribution in [-0.4, -0.2) is 38.4 Å². The third kappa shape index (κ3) is 4.69. The molecular weight excluding hydrogens is 393 g/mol. The molecule has 26 heavy (non-hydrogen) atoms. The highest BCUT2D eigenvalue weighted by Crippen LogP contribution is 2.32. The van der Waals surface area contributed by atoms with Gasteiger partial charge in [-0.1, -0.05) is 12.1 Å². The first-order valence-corrected chi connectivity index (χ1v) is 9.75. The molecule has 10 heteroatoms. The molecule has 148 valence electrons. The Labute approximate surface area is 157 Å². The molecule has 5 nitrogen and oxygen atoms in total. The zero-order chi connectivity index (χ0) is 18.9. The van der Waals surface area contributed by atoms with E-state index in [9.17, 15) is 26.4 Å². The summed E-state index contributed by atoms with van der Waals surface area (Å²) in [5.74, 6) is -0.665. The Morgan fingerprint density at radius 2 is 1.85 bits per heavy atom. The molecule has 1 unspecified atom stereocenters. The van der Waals surface area contributed by atoms with Gasteiger partial charge in [0.25, 0.3) is 0 Å². The molecule has 1 aromatic carbocycles. The van der Waals surface area contributed by atoms with Crippen LogP contribution in [0.2, 0.25) is 0 Å². The monoisotopic (exact) mass is 414 g/mol. The second-order valence-electron chi connectivity index (χ2n) is 6.33. The highest BCUT2D eigenvalue weighted by molar-refractivity contribution is 7.92. The van der Waals surface area contributed by atoms with Crippen LogP contribution in [0.1, 0.15) is 36.9 Å². The normalized spacial score (nSPS) is 18.5. The summed E-state index contributed by atoms with van der Waals surface area (Å²) < 4.78 is 61.4. The van der Waals surface area contributed by atoms with Crippen LogP contribution >= 0.6 is 12.4 Å². The van der Waals surface area contributed by atoms with E-state index in [2.05, 4.69) is 10.6 Å². The minimum Gasteiger partial charge on any atom is -0.348 e. The van der Waals surface area contributed by atoms with Crippen molar-refractivity contribution in [2.75, 3.05) is 19.3 Å². The van der Waals surface area contributed by atoms with Crippen LogP contribution in [0, 0.1) is 0 Å². The van der Waals surface area contributed by atoms with Gasteiger partial charge in [-0.25, -0.2) is 8.42 Å². The van der Waals surface area contributed by atoms with Gasteiger partial charge in [-0.2, -0.15) is 13.2 Å². The van der Waals surface area contributed by atoms with Crippen molar-refractivity contribution in [2.24, 2.45) is 0 Å². The summed E-state index contributed by atoms with van der Waals surface area (Å²) in [5.41, 5.74) is -0.549. The van der Waals surface area contributed by atoms with Crippen molar-refractivity contribution < 1.29 is 26.4 Å². The second kappa shape index (κ2) is 8.14. The van der Waals surface area contributed by atoms with E-state index in [1.165, 1.54) is 19.1 Å². The Kier molecular flexibility index (Phi) is 7.11. The van der Waals surface area contributed by atoms with Crippen molar-refractivity contribution >= 4 is 28.2 Å². The molecule has 0 radical (unpaired) electrons. The molecule has 1 saturated heterocycles. The molecule has 1 aromatic rings. The molecule has 0 saturated carbocycles. The first-order valence-electron chi connectivity index (χ1n) is 7.86. The molecule has 1 heterocycles. The smallest absolute Gasteiger partial charge is 0.348 e. The molecule has 2 rings (SSSR count). The van der Waals surface area contributed by atoms with Gasteiger partial charge < -0.3 is 10.6 Å². The maximum Gasteiger partial charge on any atom is 0.416 e. The predicted molar refractivity (Wildman–Crippen MR) is 94.9 cm³/mol. The molecule has 1 atom stereocenters. The first kappa shape index (κ1) is 22.7. The number of carbonyl (C=O) groups excluding carboxylic acids is 1. The molecule has 2 N–H and O–H groups in total. The molecule has 0 bridgehead atoms. The molecule has 0 spiro atoms. The van der Waals surface area contributed by atoms with Crippen LogP contribution in [0.3, 0.4) is 0 Å². The van der Waals surface area contributed by atoms with Crippen LogP contribution in [-0.2, 0) is 20.8 Å². The number of nitrogens with one attached hydrogen (secondary N) is 2. The average molecular weight is 415 g/mol. The fourth-order valence-corrected chi connectivity index (χ4v) is 4.33. The number of amides is 1. The van der Waals surface area contributed by atoms with Gasteiger partial charge in [-0.3, -0.25) is 4.79 Å². The zero-order valence-electron chi connectivity index (χ0n) is 14.4. The van der Waals surface area contributed by atoms with Crippen LogP contribution in [0.5, 0.6) is 0 Å². The number of carbonyl (C=O) groups is 1. The Bertz CT molecular complexity index is 747. The van der Waals surface area contributed by atoms with Crippen molar-refractivity contribution in [3.05, 3.63) is 35.4 Å². The van der Waals surface area contributed by atoms with E-state index in [4.69, 9.17) is 0 Å². The van der Waals surface area contributed by atoms with Gasteiger partial charge in [0.1, 0.15) is 0 Å². The van der Waals surface area contributed by atoms with Gasteiger partial charge in [0, 0.05) is 6.26 Å². The van der Waals surface area contributed by atoms with Gasteiger partial charge in [-0.15, -0.1) is 12.4 Å². The highest BCUT2D eigenvalue weighted by atomic mass is 35.5. The third-order valence-corrected chi connectivity index (χ3v) is 6.61. The fourth-order valence-electron chi connectivity index (χ4n) is 2.99. The second-order valence-corrected chi connectivity index (χ2v) is 8.66. The minimum absolute atomic E-state index is 0. The van der Waals surface area contributed by atoms with E-state index in [1.807, 2.05) is 0 Å². The van der Waals surface area contributed by atoms with E-state index in [0.29, 0.717) is 13.1 Å². The molecular formula is C16H22ClF3N2O3S. The summed E-state index contributed by atoms with van der Waals surface area (Å²) >= 11 is 0. The quantitative estimate of drug-likeness (QED) is 0.793. The van der Waals surface area contributed by atoms with E-state index in [1.54, 1.807) is 0 Å². The van der Waals surface area contributed by atoms with E-state index in [0.717, 1.165) is 18.4 Å². The largest absolute Gasteiger partial charge is 0.416 e. The topological polar surface area (TPSA) is 75.3 Å². The number of sulfone groups is 1. The summed E-state index contributed by atoms with van der Waals surface area (Å²) in [6.45, 7) is 2.31.